The molecule has 0 radical (unpaired) electrons. The molecule has 0 bridgehead atoms. The predicted octanol–water partition coefficient (Wildman–Crippen LogP) is 1.12. The second kappa shape index (κ2) is 4.60. The highest BCUT2D eigenvalue weighted by Gasteiger charge is 1.89. The Morgan fingerprint density at radius 2 is 2.10 bits per heavy atom. The van der Waals surface area contributed by atoms with E-state index in [1.165, 1.54) is 0 Å². The van der Waals surface area contributed by atoms with E-state index in [0.717, 1.165) is 10.3 Å². The minimum Gasteiger partial charge on any atom is -0.325 e. The quantitative estimate of drug-likeness (QED) is 0.778. The second-order valence-corrected chi connectivity index (χ2v) is 2.35. The van der Waals surface area contributed by atoms with Gasteiger partial charge in [-0.15, -0.1) is 12.4 Å². The van der Waals surface area contributed by atoms with Gasteiger partial charge in [0.25, 0.3) is 0 Å². The maximum atomic E-state index is 5.28. The third-order valence-electron chi connectivity index (χ3n) is 0.883. The van der Waals surface area contributed by atoms with E-state index in [9.17, 15) is 0 Å². The first-order valence-corrected chi connectivity index (χ1v) is 3.28. The lowest BCUT2D eigenvalue weighted by Gasteiger charge is -1.91. The topological polar surface area (TPSA) is 51.8 Å². The van der Waals surface area contributed by atoms with Crippen molar-refractivity contribution >= 4 is 28.3 Å². The molecule has 0 aliphatic heterocycles. The monoisotopic (exact) mass is 223 g/mol. The van der Waals surface area contributed by atoms with Gasteiger partial charge in [0.05, 0.1) is 18.1 Å². The average molecular weight is 224 g/mol. The summed E-state index contributed by atoms with van der Waals surface area (Å²) in [6.45, 7) is 0.445. The fraction of sp³-hybridized carbons (Fsp3) is 0.200. The van der Waals surface area contributed by atoms with Crippen LogP contribution in [-0.2, 0) is 6.54 Å². The Labute approximate surface area is 73.6 Å². The Morgan fingerprint density at radius 1 is 1.40 bits per heavy atom. The van der Waals surface area contributed by atoms with E-state index in [0.29, 0.717) is 6.54 Å². The van der Waals surface area contributed by atoms with Crippen molar-refractivity contribution in [2.75, 3.05) is 0 Å². The number of nitrogens with zero attached hydrogens (tertiary/aromatic N) is 2. The van der Waals surface area contributed by atoms with Gasteiger partial charge in [-0.2, -0.15) is 0 Å². The van der Waals surface area contributed by atoms with Crippen LogP contribution < -0.4 is 5.73 Å². The van der Waals surface area contributed by atoms with Gasteiger partial charge in [0.15, 0.2) is 0 Å². The Bertz CT molecular complexity index is 189. The molecule has 0 fully saturated rings. The van der Waals surface area contributed by atoms with E-state index in [1.807, 2.05) is 0 Å². The lowest BCUT2D eigenvalue weighted by Crippen LogP contribution is -1.99. The Balaban J connectivity index is 0.000000810. The number of rotatable bonds is 1. The number of halogens is 2. The number of hydrogen-bond donors (Lipinski definition) is 1. The van der Waals surface area contributed by atoms with Gasteiger partial charge in [0.2, 0.25) is 0 Å². The fourth-order valence-corrected chi connectivity index (χ4v) is 0.649. The summed E-state index contributed by atoms with van der Waals surface area (Å²) in [7, 11) is 0. The summed E-state index contributed by atoms with van der Waals surface area (Å²) in [6.07, 6.45) is 3.27. The van der Waals surface area contributed by atoms with Gasteiger partial charge < -0.3 is 5.73 Å². The summed E-state index contributed by atoms with van der Waals surface area (Å²) in [5.41, 5.74) is 6.09. The highest BCUT2D eigenvalue weighted by molar-refractivity contribution is 9.10. The fourth-order valence-electron chi connectivity index (χ4n) is 0.444. The molecule has 0 amide bonds. The maximum Gasteiger partial charge on any atom is 0.124 e. The molecule has 2 N–H and O–H groups in total. The van der Waals surface area contributed by atoms with Crippen LogP contribution in [0.25, 0.3) is 0 Å². The van der Waals surface area contributed by atoms with E-state index < -0.39 is 0 Å². The summed E-state index contributed by atoms with van der Waals surface area (Å²) in [5.74, 6) is 0. The van der Waals surface area contributed by atoms with Crippen molar-refractivity contribution in [1.29, 1.82) is 0 Å². The normalized spacial score (nSPS) is 8.60. The van der Waals surface area contributed by atoms with Crippen molar-refractivity contribution in [3.8, 4) is 0 Å². The Kier molecular flexibility index (Phi) is 4.51. The third-order valence-corrected chi connectivity index (χ3v) is 1.29. The number of nitrogens with two attached hydrogens (primary N) is 1. The lowest BCUT2D eigenvalue weighted by molar-refractivity contribution is 0.955. The summed E-state index contributed by atoms with van der Waals surface area (Å²) < 4.78 is 0.736. The van der Waals surface area contributed by atoms with Gasteiger partial charge >= 0.3 is 0 Å². The van der Waals surface area contributed by atoms with E-state index >= 15 is 0 Å². The molecule has 0 saturated heterocycles. The summed E-state index contributed by atoms with van der Waals surface area (Å²) in [6, 6.07) is 0. The zero-order valence-corrected chi connectivity index (χ0v) is 7.52. The first-order valence-electron chi connectivity index (χ1n) is 2.49. The Hall–Kier alpha value is -0.190. The van der Waals surface area contributed by atoms with Gasteiger partial charge in [-0.05, 0) is 15.9 Å². The Morgan fingerprint density at radius 3 is 2.50 bits per heavy atom. The van der Waals surface area contributed by atoms with Crippen molar-refractivity contribution in [2.24, 2.45) is 5.73 Å². The largest absolute Gasteiger partial charge is 0.325 e. The molecule has 1 aromatic heterocycles. The molecule has 1 heterocycles. The molecule has 5 heteroatoms. The molecule has 0 aliphatic carbocycles. The first kappa shape index (κ1) is 9.81. The molecule has 0 aliphatic rings. The first-order chi connectivity index (χ1) is 4.33. The van der Waals surface area contributed by atoms with Crippen LogP contribution >= 0.6 is 28.3 Å². The molecule has 56 valence electrons. The van der Waals surface area contributed by atoms with Crippen molar-refractivity contribution in [2.45, 2.75) is 6.54 Å². The van der Waals surface area contributed by atoms with Gasteiger partial charge in [-0.1, -0.05) is 0 Å². The zero-order valence-electron chi connectivity index (χ0n) is 5.12. The molecular formula is C5H7BrClN3. The van der Waals surface area contributed by atoms with Crippen molar-refractivity contribution < 1.29 is 0 Å². The van der Waals surface area contributed by atoms with Crippen molar-refractivity contribution in [3.05, 3.63) is 22.7 Å². The van der Waals surface area contributed by atoms with Crippen LogP contribution in [0.15, 0.2) is 17.0 Å². The number of aromatic nitrogens is 2. The minimum atomic E-state index is 0. The summed E-state index contributed by atoms with van der Waals surface area (Å²) >= 11 is 3.16. The van der Waals surface area contributed by atoms with Crippen LogP contribution in [0.1, 0.15) is 5.69 Å². The lowest BCUT2D eigenvalue weighted by atomic mass is 10.5. The molecule has 0 spiro atoms. The molecule has 0 aromatic carbocycles. The molecule has 1 rings (SSSR count). The van der Waals surface area contributed by atoms with Gasteiger partial charge in [-0.3, -0.25) is 4.98 Å². The third kappa shape index (κ3) is 2.60. The minimum absolute atomic E-state index is 0. The van der Waals surface area contributed by atoms with Crippen LogP contribution in [-0.4, -0.2) is 9.97 Å². The molecule has 0 saturated carbocycles. The van der Waals surface area contributed by atoms with Gasteiger partial charge in [0, 0.05) is 6.54 Å². The van der Waals surface area contributed by atoms with Crippen LogP contribution in [0.5, 0.6) is 0 Å². The summed E-state index contributed by atoms with van der Waals surface area (Å²) in [4.78, 5) is 7.89. The summed E-state index contributed by atoms with van der Waals surface area (Å²) in [5, 5.41) is 0. The highest BCUT2D eigenvalue weighted by Crippen LogP contribution is 2.01. The van der Waals surface area contributed by atoms with Crippen LogP contribution in [0.3, 0.4) is 0 Å². The standard InChI is InChI=1S/C5H6BrN3.ClH/c6-5-3-8-4(1-7)2-9-5;/h2-3H,1,7H2;1H. The van der Waals surface area contributed by atoms with E-state index in [-0.39, 0.29) is 12.4 Å². The van der Waals surface area contributed by atoms with Crippen molar-refractivity contribution in [3.63, 3.8) is 0 Å². The molecular weight excluding hydrogens is 217 g/mol. The van der Waals surface area contributed by atoms with E-state index in [1.54, 1.807) is 12.4 Å². The van der Waals surface area contributed by atoms with Crippen molar-refractivity contribution in [1.82, 2.24) is 9.97 Å². The molecule has 0 atom stereocenters. The molecule has 3 nitrogen and oxygen atoms in total. The van der Waals surface area contributed by atoms with Crippen LogP contribution in [0.2, 0.25) is 0 Å². The van der Waals surface area contributed by atoms with E-state index in [4.69, 9.17) is 5.73 Å². The van der Waals surface area contributed by atoms with Crippen LogP contribution in [0.4, 0.5) is 0 Å². The maximum absolute atomic E-state index is 5.28. The second-order valence-electron chi connectivity index (χ2n) is 1.53. The molecule has 0 unspecified atom stereocenters. The molecule has 10 heavy (non-hydrogen) atoms. The highest BCUT2D eigenvalue weighted by atomic mass is 79.9. The zero-order chi connectivity index (χ0) is 6.69. The predicted molar refractivity (Wildman–Crippen MR) is 44.9 cm³/mol. The van der Waals surface area contributed by atoms with Gasteiger partial charge in [-0.25, -0.2) is 4.98 Å². The van der Waals surface area contributed by atoms with Crippen LogP contribution in [0, 0.1) is 0 Å². The SMILES string of the molecule is Cl.NCc1cnc(Br)cn1. The smallest absolute Gasteiger partial charge is 0.124 e. The van der Waals surface area contributed by atoms with Gasteiger partial charge in [0.1, 0.15) is 4.60 Å². The molecule has 1 aromatic rings. The number of hydrogen-bond acceptors (Lipinski definition) is 3. The average Bonchev–Trinajstić information content (AvgIpc) is 1.90. The van der Waals surface area contributed by atoms with E-state index in [2.05, 4.69) is 25.9 Å².